The summed E-state index contributed by atoms with van der Waals surface area (Å²) in [4.78, 5) is 11.2. The Morgan fingerprint density at radius 2 is 1.92 bits per heavy atom. The summed E-state index contributed by atoms with van der Waals surface area (Å²) < 4.78 is 4.94. The Labute approximate surface area is 85.4 Å². The second-order valence-electron chi connectivity index (χ2n) is 3.36. The van der Waals surface area contributed by atoms with E-state index < -0.39 is 0 Å². The van der Waals surface area contributed by atoms with Crippen LogP contribution >= 0.6 is 12.4 Å². The van der Waals surface area contributed by atoms with Crippen LogP contribution in [-0.4, -0.2) is 18.6 Å². The van der Waals surface area contributed by atoms with E-state index in [1.54, 1.807) is 0 Å². The standard InChI is InChI=1S/C9H17NO2.ClH/c1-2-12-9(11)7-3-5-8(10)6-4-7;/h7-8H,2-6,10H2,1H3;1H/t7-,8+;. The minimum Gasteiger partial charge on any atom is -0.466 e. The first-order valence-corrected chi connectivity index (χ1v) is 4.66. The minimum atomic E-state index is -0.0376. The topological polar surface area (TPSA) is 52.3 Å². The molecule has 0 aliphatic heterocycles. The van der Waals surface area contributed by atoms with Crippen molar-refractivity contribution in [2.75, 3.05) is 6.61 Å². The second kappa shape index (κ2) is 6.22. The fourth-order valence-electron chi connectivity index (χ4n) is 1.62. The van der Waals surface area contributed by atoms with Gasteiger partial charge in [-0.25, -0.2) is 0 Å². The molecule has 1 fully saturated rings. The zero-order chi connectivity index (χ0) is 8.97. The Kier molecular flexibility index (Phi) is 6.08. The molecule has 78 valence electrons. The Morgan fingerprint density at radius 3 is 2.38 bits per heavy atom. The molecule has 1 saturated carbocycles. The van der Waals surface area contributed by atoms with Crippen molar-refractivity contribution in [2.45, 2.75) is 38.6 Å². The maximum Gasteiger partial charge on any atom is 0.308 e. The molecule has 0 aromatic heterocycles. The van der Waals surface area contributed by atoms with Crippen LogP contribution in [0.25, 0.3) is 0 Å². The molecule has 0 spiro atoms. The van der Waals surface area contributed by atoms with E-state index in [-0.39, 0.29) is 24.3 Å². The molecule has 0 aromatic rings. The molecule has 13 heavy (non-hydrogen) atoms. The van der Waals surface area contributed by atoms with Gasteiger partial charge in [-0.1, -0.05) is 0 Å². The summed E-state index contributed by atoms with van der Waals surface area (Å²) in [6, 6.07) is 0.302. The van der Waals surface area contributed by atoms with Crippen LogP contribution in [0.5, 0.6) is 0 Å². The van der Waals surface area contributed by atoms with Crippen LogP contribution in [0.4, 0.5) is 0 Å². The summed E-state index contributed by atoms with van der Waals surface area (Å²) in [5.74, 6) is 0.0779. The first-order chi connectivity index (χ1) is 5.74. The van der Waals surface area contributed by atoms with Gasteiger partial charge >= 0.3 is 5.97 Å². The van der Waals surface area contributed by atoms with Crippen molar-refractivity contribution < 1.29 is 9.53 Å². The van der Waals surface area contributed by atoms with Gasteiger partial charge < -0.3 is 10.5 Å². The third-order valence-corrected chi connectivity index (χ3v) is 2.39. The first kappa shape index (κ1) is 12.7. The second-order valence-corrected chi connectivity index (χ2v) is 3.36. The number of hydrogen-bond donors (Lipinski definition) is 1. The summed E-state index contributed by atoms with van der Waals surface area (Å²) >= 11 is 0. The number of carbonyl (C=O) groups excluding carboxylic acids is 1. The molecular formula is C9H18ClNO2. The molecule has 2 N–H and O–H groups in total. The maximum absolute atomic E-state index is 11.2. The molecule has 4 heteroatoms. The number of halogens is 1. The number of esters is 1. The van der Waals surface area contributed by atoms with Gasteiger partial charge in [0.05, 0.1) is 12.5 Å². The molecule has 3 nitrogen and oxygen atoms in total. The van der Waals surface area contributed by atoms with E-state index in [9.17, 15) is 4.79 Å². The SMILES string of the molecule is CCOC(=O)[C@H]1CC[C@@H](N)CC1.Cl. The highest BCUT2D eigenvalue weighted by Crippen LogP contribution is 2.23. The van der Waals surface area contributed by atoms with Crippen molar-refractivity contribution in [3.63, 3.8) is 0 Å². The Morgan fingerprint density at radius 1 is 1.38 bits per heavy atom. The van der Waals surface area contributed by atoms with E-state index >= 15 is 0 Å². The van der Waals surface area contributed by atoms with Gasteiger partial charge in [0.15, 0.2) is 0 Å². The van der Waals surface area contributed by atoms with E-state index in [0.717, 1.165) is 25.7 Å². The molecule has 1 rings (SSSR count). The molecule has 0 atom stereocenters. The zero-order valence-corrected chi connectivity index (χ0v) is 8.81. The van der Waals surface area contributed by atoms with Gasteiger partial charge in [0.1, 0.15) is 0 Å². The Balaban J connectivity index is 0.00000144. The average molecular weight is 208 g/mol. The zero-order valence-electron chi connectivity index (χ0n) is 7.99. The molecule has 1 aliphatic carbocycles. The lowest BCUT2D eigenvalue weighted by molar-refractivity contribution is -0.149. The third kappa shape index (κ3) is 3.96. The predicted octanol–water partition coefficient (Wildman–Crippen LogP) is 1.49. The Hall–Kier alpha value is -0.280. The summed E-state index contributed by atoms with van der Waals surface area (Å²) in [5, 5.41) is 0. The van der Waals surface area contributed by atoms with Gasteiger partial charge in [-0.05, 0) is 32.6 Å². The lowest BCUT2D eigenvalue weighted by Crippen LogP contribution is -2.30. The smallest absolute Gasteiger partial charge is 0.308 e. The minimum absolute atomic E-state index is 0. The van der Waals surface area contributed by atoms with Gasteiger partial charge in [0.2, 0.25) is 0 Å². The summed E-state index contributed by atoms with van der Waals surface area (Å²) in [7, 11) is 0. The highest BCUT2D eigenvalue weighted by atomic mass is 35.5. The van der Waals surface area contributed by atoms with Crippen LogP contribution in [0.15, 0.2) is 0 Å². The number of nitrogens with two attached hydrogens (primary N) is 1. The number of ether oxygens (including phenoxy) is 1. The molecule has 0 saturated heterocycles. The normalized spacial score (nSPS) is 27.5. The van der Waals surface area contributed by atoms with Crippen LogP contribution in [0.1, 0.15) is 32.6 Å². The van der Waals surface area contributed by atoms with E-state index in [2.05, 4.69) is 0 Å². The van der Waals surface area contributed by atoms with E-state index in [1.807, 2.05) is 6.92 Å². The summed E-state index contributed by atoms with van der Waals surface area (Å²) in [5.41, 5.74) is 5.72. The van der Waals surface area contributed by atoms with Crippen LogP contribution in [0, 0.1) is 5.92 Å². The van der Waals surface area contributed by atoms with Gasteiger partial charge in [-0.3, -0.25) is 4.79 Å². The fraction of sp³-hybridized carbons (Fsp3) is 0.889. The highest BCUT2D eigenvalue weighted by molar-refractivity contribution is 5.85. The van der Waals surface area contributed by atoms with Crippen molar-refractivity contribution in [3.8, 4) is 0 Å². The summed E-state index contributed by atoms with van der Waals surface area (Å²) in [6.07, 6.45) is 3.73. The van der Waals surface area contributed by atoms with Crippen molar-refractivity contribution in [3.05, 3.63) is 0 Å². The third-order valence-electron chi connectivity index (χ3n) is 2.39. The Bertz CT molecular complexity index is 156. The summed E-state index contributed by atoms with van der Waals surface area (Å²) in [6.45, 7) is 2.33. The van der Waals surface area contributed by atoms with Crippen molar-refractivity contribution in [1.29, 1.82) is 0 Å². The van der Waals surface area contributed by atoms with E-state index in [1.165, 1.54) is 0 Å². The van der Waals surface area contributed by atoms with Gasteiger partial charge in [0, 0.05) is 6.04 Å². The van der Waals surface area contributed by atoms with Crippen molar-refractivity contribution in [1.82, 2.24) is 0 Å². The molecular weight excluding hydrogens is 190 g/mol. The number of carbonyl (C=O) groups is 1. The highest BCUT2D eigenvalue weighted by Gasteiger charge is 2.25. The van der Waals surface area contributed by atoms with Crippen LogP contribution < -0.4 is 5.73 Å². The molecule has 0 bridgehead atoms. The van der Waals surface area contributed by atoms with Gasteiger partial charge in [-0.15, -0.1) is 12.4 Å². The number of rotatable bonds is 2. The van der Waals surface area contributed by atoms with E-state index in [4.69, 9.17) is 10.5 Å². The van der Waals surface area contributed by atoms with Crippen molar-refractivity contribution in [2.24, 2.45) is 11.7 Å². The molecule has 0 unspecified atom stereocenters. The van der Waals surface area contributed by atoms with Crippen LogP contribution in [0.2, 0.25) is 0 Å². The first-order valence-electron chi connectivity index (χ1n) is 4.66. The van der Waals surface area contributed by atoms with Crippen molar-refractivity contribution >= 4 is 18.4 Å². The molecule has 1 aliphatic rings. The lowest BCUT2D eigenvalue weighted by Gasteiger charge is -2.24. The van der Waals surface area contributed by atoms with Gasteiger partial charge in [0.25, 0.3) is 0 Å². The number of hydrogen-bond acceptors (Lipinski definition) is 3. The fourth-order valence-corrected chi connectivity index (χ4v) is 1.62. The molecule has 0 heterocycles. The van der Waals surface area contributed by atoms with E-state index in [0.29, 0.717) is 12.6 Å². The molecule has 0 radical (unpaired) electrons. The molecule has 0 amide bonds. The average Bonchev–Trinajstić information content (AvgIpc) is 2.06. The van der Waals surface area contributed by atoms with Crippen LogP contribution in [0.3, 0.4) is 0 Å². The monoisotopic (exact) mass is 207 g/mol. The maximum atomic E-state index is 11.2. The predicted molar refractivity (Wildman–Crippen MR) is 53.8 cm³/mol. The molecule has 0 aromatic carbocycles. The largest absolute Gasteiger partial charge is 0.466 e. The lowest BCUT2D eigenvalue weighted by atomic mass is 9.86. The quantitative estimate of drug-likeness (QED) is 0.699. The van der Waals surface area contributed by atoms with Crippen LogP contribution in [-0.2, 0) is 9.53 Å². The van der Waals surface area contributed by atoms with Gasteiger partial charge in [-0.2, -0.15) is 0 Å².